The summed E-state index contributed by atoms with van der Waals surface area (Å²) in [6.45, 7) is 9.39. The van der Waals surface area contributed by atoms with Gasteiger partial charge in [-0.1, -0.05) is 19.1 Å². The van der Waals surface area contributed by atoms with Crippen LogP contribution in [0.15, 0.2) is 17.1 Å². The van der Waals surface area contributed by atoms with E-state index < -0.39 is 0 Å². The van der Waals surface area contributed by atoms with Crippen LogP contribution in [-0.4, -0.2) is 31.8 Å². The largest absolute Gasteiger partial charge is 0.376 e. The van der Waals surface area contributed by atoms with E-state index >= 15 is 0 Å². The number of nitrogens with one attached hydrogen (secondary N) is 1. The van der Waals surface area contributed by atoms with Crippen LogP contribution in [0, 0.1) is 5.92 Å². The lowest BCUT2D eigenvalue weighted by molar-refractivity contribution is -0.0394. The summed E-state index contributed by atoms with van der Waals surface area (Å²) in [6, 6.07) is 0. The van der Waals surface area contributed by atoms with Crippen molar-refractivity contribution in [2.45, 2.75) is 45.1 Å². The molecule has 0 saturated heterocycles. The molecule has 0 spiro atoms. The van der Waals surface area contributed by atoms with E-state index in [-0.39, 0.29) is 29.6 Å². The highest BCUT2D eigenvalue weighted by Crippen LogP contribution is 2.34. The fraction of sp³-hybridized carbons (Fsp3) is 0.786. The predicted molar refractivity (Wildman–Crippen MR) is 92.1 cm³/mol. The van der Waals surface area contributed by atoms with E-state index in [1.54, 1.807) is 7.11 Å². The predicted octanol–water partition coefficient (Wildman–Crippen LogP) is 2.68. The molecule has 4 nitrogen and oxygen atoms in total. The van der Waals surface area contributed by atoms with Crippen molar-refractivity contribution in [2.24, 2.45) is 16.6 Å². The van der Waals surface area contributed by atoms with Crippen LogP contribution in [0.3, 0.4) is 0 Å². The summed E-state index contributed by atoms with van der Waals surface area (Å²) < 4.78 is 5.70. The molecule has 1 saturated carbocycles. The minimum Gasteiger partial charge on any atom is -0.376 e. The topological polar surface area (TPSA) is 59.6 Å². The van der Waals surface area contributed by atoms with Crippen LogP contribution < -0.4 is 11.1 Å². The molecule has 0 radical (unpaired) electrons. The van der Waals surface area contributed by atoms with Gasteiger partial charge in [0.1, 0.15) is 0 Å². The Hall–Kier alpha value is -0.300. The monoisotopic (exact) mass is 381 g/mol. The summed E-state index contributed by atoms with van der Waals surface area (Å²) in [6.07, 6.45) is 4.56. The van der Waals surface area contributed by atoms with E-state index in [2.05, 4.69) is 23.8 Å². The lowest BCUT2D eigenvalue weighted by Gasteiger charge is -2.37. The number of nitrogens with two attached hydrogens (primary N) is 1. The van der Waals surface area contributed by atoms with E-state index in [9.17, 15) is 0 Å². The first-order chi connectivity index (χ1) is 8.47. The summed E-state index contributed by atoms with van der Waals surface area (Å²) in [5.41, 5.74) is 6.76. The quantitative estimate of drug-likeness (QED) is 0.333. The van der Waals surface area contributed by atoms with Gasteiger partial charge in [0, 0.05) is 13.7 Å². The molecule has 0 aliphatic heterocycles. The average Bonchev–Trinajstić information content (AvgIpc) is 2.36. The zero-order valence-corrected chi connectivity index (χ0v) is 14.7. The van der Waals surface area contributed by atoms with Crippen LogP contribution in [-0.2, 0) is 4.74 Å². The van der Waals surface area contributed by atoms with Crippen molar-refractivity contribution in [1.82, 2.24) is 5.32 Å². The Morgan fingerprint density at radius 3 is 2.53 bits per heavy atom. The molecule has 0 atom stereocenters. The first-order valence-electron chi connectivity index (χ1n) is 6.71. The fourth-order valence-electron chi connectivity index (χ4n) is 2.24. The van der Waals surface area contributed by atoms with Crippen molar-refractivity contribution < 1.29 is 4.74 Å². The Kier molecular flexibility index (Phi) is 8.65. The number of halogens is 1. The number of guanidine groups is 1. The van der Waals surface area contributed by atoms with E-state index in [4.69, 9.17) is 10.5 Å². The maximum Gasteiger partial charge on any atom is 0.188 e. The van der Waals surface area contributed by atoms with Crippen LogP contribution in [0.2, 0.25) is 0 Å². The van der Waals surface area contributed by atoms with Gasteiger partial charge >= 0.3 is 0 Å². The van der Waals surface area contributed by atoms with Crippen molar-refractivity contribution in [1.29, 1.82) is 0 Å². The van der Waals surface area contributed by atoms with Gasteiger partial charge in [0.15, 0.2) is 5.96 Å². The van der Waals surface area contributed by atoms with Gasteiger partial charge in [-0.2, -0.15) is 0 Å². The Morgan fingerprint density at radius 2 is 2.05 bits per heavy atom. The number of rotatable bonds is 5. The van der Waals surface area contributed by atoms with Crippen molar-refractivity contribution in [3.63, 3.8) is 0 Å². The van der Waals surface area contributed by atoms with Gasteiger partial charge in [-0.15, -0.1) is 24.0 Å². The van der Waals surface area contributed by atoms with Gasteiger partial charge in [0.25, 0.3) is 0 Å². The van der Waals surface area contributed by atoms with Crippen LogP contribution >= 0.6 is 24.0 Å². The Bertz CT molecular complexity index is 310. The van der Waals surface area contributed by atoms with Gasteiger partial charge in [-0.25, -0.2) is 0 Å². The summed E-state index contributed by atoms with van der Waals surface area (Å²) in [7, 11) is 1.78. The molecule has 1 aliphatic carbocycles. The number of nitrogens with zero attached hydrogens (tertiary/aromatic N) is 1. The Labute approximate surface area is 134 Å². The molecular weight excluding hydrogens is 353 g/mol. The molecule has 1 aliphatic rings. The smallest absolute Gasteiger partial charge is 0.188 e. The minimum absolute atomic E-state index is 0. The zero-order chi connectivity index (χ0) is 13.6. The molecule has 5 heteroatoms. The highest BCUT2D eigenvalue weighted by Gasteiger charge is 2.33. The zero-order valence-electron chi connectivity index (χ0n) is 12.4. The normalized spacial score (nSPS) is 27.5. The van der Waals surface area contributed by atoms with Crippen LogP contribution in [0.25, 0.3) is 0 Å². The van der Waals surface area contributed by atoms with E-state index in [1.165, 1.54) is 12.8 Å². The molecule has 0 heterocycles. The lowest BCUT2D eigenvalue weighted by Crippen LogP contribution is -2.41. The standard InChI is InChI=1S/C14H27N3O.HI/c1-11(2)9-16-13(15)17-10-14(18-4)7-5-12(3)6-8-14;/h12H,1,5-10H2,2-4H3,(H3,15,16,17);1H. The minimum atomic E-state index is -0.109. The molecule has 0 bridgehead atoms. The van der Waals surface area contributed by atoms with E-state index in [1.807, 2.05) is 6.92 Å². The van der Waals surface area contributed by atoms with Crippen molar-refractivity contribution in [2.75, 3.05) is 20.2 Å². The molecule has 19 heavy (non-hydrogen) atoms. The van der Waals surface area contributed by atoms with E-state index in [0.29, 0.717) is 19.0 Å². The summed E-state index contributed by atoms with van der Waals surface area (Å²) in [5, 5.41) is 3.04. The number of hydrogen-bond donors (Lipinski definition) is 2. The third kappa shape index (κ3) is 6.61. The molecule has 1 fully saturated rings. The molecule has 112 valence electrons. The van der Waals surface area contributed by atoms with Crippen LogP contribution in [0.4, 0.5) is 0 Å². The Balaban J connectivity index is 0.00000324. The lowest BCUT2D eigenvalue weighted by atomic mass is 9.79. The van der Waals surface area contributed by atoms with Gasteiger partial charge in [-0.05, 0) is 38.5 Å². The number of hydrogen-bond acceptors (Lipinski definition) is 2. The number of methoxy groups -OCH3 is 1. The molecule has 0 unspecified atom stereocenters. The summed E-state index contributed by atoms with van der Waals surface area (Å²) in [4.78, 5) is 4.41. The van der Waals surface area contributed by atoms with Crippen molar-refractivity contribution >= 4 is 29.9 Å². The first kappa shape index (κ1) is 18.7. The third-order valence-corrected chi connectivity index (χ3v) is 3.73. The highest BCUT2D eigenvalue weighted by molar-refractivity contribution is 14.0. The van der Waals surface area contributed by atoms with Gasteiger partial charge < -0.3 is 15.8 Å². The average molecular weight is 381 g/mol. The maximum atomic E-state index is 5.82. The number of aliphatic imine (C=N–C) groups is 1. The fourth-order valence-corrected chi connectivity index (χ4v) is 2.24. The summed E-state index contributed by atoms with van der Waals surface area (Å²) in [5.74, 6) is 1.28. The van der Waals surface area contributed by atoms with Crippen LogP contribution in [0.5, 0.6) is 0 Å². The van der Waals surface area contributed by atoms with Gasteiger partial charge in [0.05, 0.1) is 12.1 Å². The van der Waals surface area contributed by atoms with Gasteiger partial charge in [0.2, 0.25) is 0 Å². The molecule has 0 aromatic heterocycles. The molecule has 3 N–H and O–H groups in total. The number of ether oxygens (including phenoxy) is 1. The first-order valence-corrected chi connectivity index (χ1v) is 6.71. The second-order valence-electron chi connectivity index (χ2n) is 5.58. The molecule has 0 amide bonds. The maximum absolute atomic E-state index is 5.82. The second-order valence-corrected chi connectivity index (χ2v) is 5.58. The molecule has 1 rings (SSSR count). The summed E-state index contributed by atoms with van der Waals surface area (Å²) >= 11 is 0. The van der Waals surface area contributed by atoms with Crippen molar-refractivity contribution in [3.05, 3.63) is 12.2 Å². The SMILES string of the molecule is C=C(C)CNC(N)=NCC1(OC)CCC(C)CC1.I. The second kappa shape index (κ2) is 8.79. The van der Waals surface area contributed by atoms with Crippen LogP contribution in [0.1, 0.15) is 39.5 Å². The van der Waals surface area contributed by atoms with E-state index in [0.717, 1.165) is 24.3 Å². The molecular formula is C14H28IN3O. The van der Waals surface area contributed by atoms with Gasteiger partial charge in [-0.3, -0.25) is 4.99 Å². The highest BCUT2D eigenvalue weighted by atomic mass is 127. The Morgan fingerprint density at radius 1 is 1.47 bits per heavy atom. The molecule has 0 aromatic carbocycles. The molecule has 0 aromatic rings. The van der Waals surface area contributed by atoms with Crippen molar-refractivity contribution in [3.8, 4) is 0 Å². The third-order valence-electron chi connectivity index (χ3n) is 3.73.